The Bertz CT molecular complexity index is 359. The van der Waals surface area contributed by atoms with Gasteiger partial charge in [-0.3, -0.25) is 0 Å². The molecule has 2 nitrogen and oxygen atoms in total. The number of rotatable bonds is 2. The Labute approximate surface area is 90.2 Å². The minimum Gasteiger partial charge on any atom is -0.495 e. The van der Waals surface area contributed by atoms with E-state index in [1.807, 2.05) is 0 Å². The summed E-state index contributed by atoms with van der Waals surface area (Å²) in [5, 5.41) is 9.07. The van der Waals surface area contributed by atoms with Crippen molar-refractivity contribution in [3.63, 3.8) is 0 Å². The summed E-state index contributed by atoms with van der Waals surface area (Å²) in [6.45, 7) is 0. The van der Waals surface area contributed by atoms with E-state index in [9.17, 15) is 0 Å². The Morgan fingerprint density at radius 3 is 2.85 bits per heavy atom. The van der Waals surface area contributed by atoms with Crippen LogP contribution in [0.4, 0.5) is 0 Å². The third kappa shape index (κ3) is 2.36. The Morgan fingerprint density at radius 1 is 1.62 bits per heavy atom. The summed E-state index contributed by atoms with van der Waals surface area (Å²) in [5.74, 6) is 0.593. The maximum atomic E-state index is 8.53. The molecule has 1 rings (SSSR count). The van der Waals surface area contributed by atoms with Crippen molar-refractivity contribution in [1.82, 2.24) is 0 Å². The third-order valence-electron chi connectivity index (χ3n) is 1.59. The van der Waals surface area contributed by atoms with Gasteiger partial charge in [0.05, 0.1) is 24.6 Å². The first-order valence-corrected chi connectivity index (χ1v) is 4.75. The normalized spacial score (nSPS) is 9.38. The van der Waals surface area contributed by atoms with E-state index in [1.54, 1.807) is 19.2 Å². The van der Waals surface area contributed by atoms with E-state index >= 15 is 0 Å². The monoisotopic (exact) mass is 259 g/mol. The second-order valence-electron chi connectivity index (χ2n) is 2.41. The number of ether oxygens (including phenoxy) is 1. The van der Waals surface area contributed by atoms with Gasteiger partial charge in [0.1, 0.15) is 5.75 Å². The highest BCUT2D eigenvalue weighted by Gasteiger charge is 2.06. The molecular weight excluding hydrogens is 253 g/mol. The Balaban J connectivity index is 3.16. The van der Waals surface area contributed by atoms with Gasteiger partial charge in [0.2, 0.25) is 0 Å². The van der Waals surface area contributed by atoms with Gasteiger partial charge < -0.3 is 4.74 Å². The summed E-state index contributed by atoms with van der Waals surface area (Å²) < 4.78 is 5.86. The molecule has 1 aromatic rings. The summed E-state index contributed by atoms with van der Waals surface area (Å²) in [4.78, 5) is 0. The summed E-state index contributed by atoms with van der Waals surface area (Å²) >= 11 is 9.18. The van der Waals surface area contributed by atoms with Gasteiger partial charge in [0, 0.05) is 4.47 Å². The first-order chi connectivity index (χ1) is 6.19. The minimum absolute atomic E-state index is 0.341. The van der Waals surface area contributed by atoms with E-state index in [0.717, 1.165) is 10.0 Å². The first-order valence-electron chi connectivity index (χ1n) is 3.58. The lowest BCUT2D eigenvalue weighted by molar-refractivity contribution is 0.414. The summed E-state index contributed by atoms with van der Waals surface area (Å²) in [5.41, 5.74) is 0.878. The number of benzene rings is 1. The van der Waals surface area contributed by atoms with Crippen molar-refractivity contribution in [2.75, 3.05) is 7.11 Å². The van der Waals surface area contributed by atoms with Crippen LogP contribution in [-0.4, -0.2) is 7.11 Å². The van der Waals surface area contributed by atoms with Crippen LogP contribution in [0.2, 0.25) is 5.02 Å². The van der Waals surface area contributed by atoms with Crippen LogP contribution >= 0.6 is 27.5 Å². The van der Waals surface area contributed by atoms with Crippen LogP contribution in [0.3, 0.4) is 0 Å². The Hall–Kier alpha value is -0.720. The second-order valence-corrected chi connectivity index (χ2v) is 3.67. The lowest BCUT2D eigenvalue weighted by Gasteiger charge is -2.06. The van der Waals surface area contributed by atoms with Gasteiger partial charge in [0.15, 0.2) is 0 Å². The van der Waals surface area contributed by atoms with E-state index < -0.39 is 0 Å². The lowest BCUT2D eigenvalue weighted by atomic mass is 10.1. The number of halogens is 2. The molecule has 0 aliphatic carbocycles. The SMILES string of the molecule is COc1cc(CC#N)c(Br)cc1Cl. The standard InChI is InChI=1S/C9H7BrClNO/c1-13-9-4-6(2-3-12)7(10)5-8(9)11/h4-5H,2H2,1H3. The van der Waals surface area contributed by atoms with Gasteiger partial charge in [-0.1, -0.05) is 27.5 Å². The molecule has 0 heterocycles. The fourth-order valence-corrected chi connectivity index (χ4v) is 1.80. The van der Waals surface area contributed by atoms with Crippen molar-refractivity contribution in [2.45, 2.75) is 6.42 Å². The number of hydrogen-bond donors (Lipinski definition) is 0. The van der Waals surface area contributed by atoms with Gasteiger partial charge in [0.25, 0.3) is 0 Å². The zero-order chi connectivity index (χ0) is 9.84. The second kappa shape index (κ2) is 4.50. The van der Waals surface area contributed by atoms with Gasteiger partial charge in [-0.05, 0) is 17.7 Å². The molecule has 0 saturated heterocycles. The van der Waals surface area contributed by atoms with Crippen molar-refractivity contribution in [2.24, 2.45) is 0 Å². The van der Waals surface area contributed by atoms with Crippen LogP contribution in [0, 0.1) is 11.3 Å². The molecule has 0 fully saturated rings. The van der Waals surface area contributed by atoms with Gasteiger partial charge in [-0.2, -0.15) is 5.26 Å². The molecule has 0 aliphatic rings. The molecule has 1 aromatic carbocycles. The van der Waals surface area contributed by atoms with Crippen LogP contribution in [0.5, 0.6) is 5.75 Å². The molecule has 68 valence electrons. The molecule has 0 unspecified atom stereocenters. The molecule has 0 spiro atoms. The molecule has 0 aromatic heterocycles. The first kappa shape index (κ1) is 10.4. The molecule has 0 amide bonds. The molecule has 13 heavy (non-hydrogen) atoms. The topological polar surface area (TPSA) is 33.0 Å². The highest BCUT2D eigenvalue weighted by atomic mass is 79.9. The predicted molar refractivity (Wildman–Crippen MR) is 55.0 cm³/mol. The summed E-state index contributed by atoms with van der Waals surface area (Å²) in [6, 6.07) is 5.56. The van der Waals surface area contributed by atoms with E-state index in [4.69, 9.17) is 21.6 Å². The zero-order valence-electron chi connectivity index (χ0n) is 6.97. The average Bonchev–Trinajstić information content (AvgIpc) is 2.10. The number of nitriles is 1. The van der Waals surface area contributed by atoms with Crippen molar-refractivity contribution in [1.29, 1.82) is 5.26 Å². The van der Waals surface area contributed by atoms with E-state index in [0.29, 0.717) is 17.2 Å². The average molecular weight is 261 g/mol. The van der Waals surface area contributed by atoms with Crippen molar-refractivity contribution in [3.05, 3.63) is 27.2 Å². The van der Waals surface area contributed by atoms with Crippen LogP contribution < -0.4 is 4.74 Å². The highest BCUT2D eigenvalue weighted by molar-refractivity contribution is 9.10. The smallest absolute Gasteiger partial charge is 0.137 e. The molecule has 0 saturated carbocycles. The fourth-order valence-electron chi connectivity index (χ4n) is 0.948. The van der Waals surface area contributed by atoms with E-state index in [1.165, 1.54) is 0 Å². The molecule has 0 N–H and O–H groups in total. The summed E-state index contributed by atoms with van der Waals surface area (Å²) in [7, 11) is 1.55. The van der Waals surface area contributed by atoms with E-state index in [2.05, 4.69) is 22.0 Å². The Kier molecular flexibility index (Phi) is 3.58. The van der Waals surface area contributed by atoms with Crippen molar-refractivity contribution >= 4 is 27.5 Å². The number of hydrogen-bond acceptors (Lipinski definition) is 2. The fraction of sp³-hybridized carbons (Fsp3) is 0.222. The maximum absolute atomic E-state index is 8.53. The van der Waals surface area contributed by atoms with Crippen LogP contribution in [-0.2, 0) is 6.42 Å². The highest BCUT2D eigenvalue weighted by Crippen LogP contribution is 2.31. The molecule has 4 heteroatoms. The maximum Gasteiger partial charge on any atom is 0.137 e. The number of nitrogens with zero attached hydrogens (tertiary/aromatic N) is 1. The molecule has 0 radical (unpaired) electrons. The zero-order valence-corrected chi connectivity index (χ0v) is 9.32. The molecular formula is C9H7BrClNO. The lowest BCUT2D eigenvalue weighted by Crippen LogP contribution is -1.89. The predicted octanol–water partition coefficient (Wildman–Crippen LogP) is 3.18. The largest absolute Gasteiger partial charge is 0.495 e. The van der Waals surface area contributed by atoms with Gasteiger partial charge in [-0.25, -0.2) is 0 Å². The van der Waals surface area contributed by atoms with Gasteiger partial charge >= 0.3 is 0 Å². The third-order valence-corrected chi connectivity index (χ3v) is 2.62. The van der Waals surface area contributed by atoms with Crippen LogP contribution in [0.25, 0.3) is 0 Å². The van der Waals surface area contributed by atoms with Crippen LogP contribution in [0.15, 0.2) is 16.6 Å². The summed E-state index contributed by atoms with van der Waals surface area (Å²) in [6.07, 6.45) is 0.341. The number of methoxy groups -OCH3 is 1. The molecule has 0 bridgehead atoms. The molecule has 0 aliphatic heterocycles. The quantitative estimate of drug-likeness (QED) is 0.818. The Morgan fingerprint density at radius 2 is 2.31 bits per heavy atom. The van der Waals surface area contributed by atoms with Crippen molar-refractivity contribution < 1.29 is 4.74 Å². The van der Waals surface area contributed by atoms with Crippen molar-refractivity contribution in [3.8, 4) is 11.8 Å². The van der Waals surface area contributed by atoms with E-state index in [-0.39, 0.29) is 0 Å². The van der Waals surface area contributed by atoms with Gasteiger partial charge in [-0.15, -0.1) is 0 Å². The van der Waals surface area contributed by atoms with Crippen LogP contribution in [0.1, 0.15) is 5.56 Å². The minimum atomic E-state index is 0.341. The molecule has 0 atom stereocenters.